The number of halogens is 5. The van der Waals surface area contributed by atoms with E-state index in [-0.39, 0.29) is 88.3 Å². The van der Waals surface area contributed by atoms with Gasteiger partial charge in [0.15, 0.2) is 37.0 Å². The Kier molecular flexibility index (Phi) is 28.1. The zero-order valence-electron chi connectivity index (χ0n) is 65.8. The Morgan fingerprint density at radius 1 is 0.561 bits per heavy atom. The second kappa shape index (κ2) is 34.5. The van der Waals surface area contributed by atoms with Gasteiger partial charge in [0.1, 0.15) is 23.4 Å². The SMILES string of the molecule is CCC(C)(C)C(=O)OC(C(F)(F)F)C(F)(F)S(=O)(=O)[O-].CCC(C)(C)C(=O)OC1(C2CCCC2OC(=O)C(C)(C)C)CCCC1.CCC(C)(C)C(=O)OC1(CC)CC2CC1C1C3CCCC(CC3)CC21.CCC(C)(C)C(=O)OC1C2CC3C(=O)OC1C3O2.c1ccc([S+](c2ccccc2)c2ccccc2)cc1. The van der Waals surface area contributed by atoms with E-state index in [1.807, 2.05) is 76.2 Å². The van der Waals surface area contributed by atoms with Crippen LogP contribution in [0.25, 0.3) is 0 Å². The normalized spacial score (nSPS) is 28.6. The topological polar surface area (TPSA) is 224 Å². The maximum Gasteiger partial charge on any atom is 0.432 e. The van der Waals surface area contributed by atoms with Crippen molar-refractivity contribution in [2.24, 2.45) is 74.4 Å². The quantitative estimate of drug-likeness (QED) is 0.0337. The highest BCUT2D eigenvalue weighted by Crippen LogP contribution is 2.66. The zero-order valence-corrected chi connectivity index (χ0v) is 67.5. The van der Waals surface area contributed by atoms with Crippen LogP contribution in [-0.4, -0.2) is 108 Å². The summed E-state index contributed by atoms with van der Waals surface area (Å²) in [6.07, 6.45) is 10.4. The van der Waals surface area contributed by atoms with Crippen molar-refractivity contribution in [1.82, 2.24) is 0 Å². The molecule has 9 fully saturated rings. The first kappa shape index (κ1) is 86.9. The zero-order chi connectivity index (χ0) is 79.3. The standard InChI is InChI=1S/C23H38O2.C21H36O4.C18H15S.C13H18O5.C9H13F5O5S/c1-5-22(3,4)21(24)25-23(6-2)14-17-13-19(23)20-16-9-7-8-15(10-11-16)12-18(17)20;1-7-20(5,6)18(23)25-21(13-8-9-14-21)15-11-10-12-16(15)24-17(22)19(2,3)4;1-4-10-16(11-5-1)19(17-12-6-2-7-13-17)18-14-8-3-9-15-18;1-4-13(2,3)12(15)18-9-7-5-6-8(16-7)10(9)17-11(6)14;1-4-7(2,3)6(15)19-5(8(10,11)12)9(13,14)20(16,17)18/h15-20H,5-14H2,1-4H3;15-16H,7-14H2,1-6H3;1-15H;6-10H,4-5H2,1-3H3;5H,4H2,1-3H3,(H,16,17,18)/q;;+1;;/p-1. The first-order valence-corrected chi connectivity index (χ1v) is 41.8. The molecule has 3 aromatic carbocycles. The van der Waals surface area contributed by atoms with E-state index in [2.05, 4.69) is 110 Å². The molecule has 0 amide bonds. The van der Waals surface area contributed by atoms with Crippen molar-refractivity contribution in [3.8, 4) is 0 Å². The van der Waals surface area contributed by atoms with E-state index in [1.165, 1.54) is 66.6 Å². The maximum atomic E-state index is 13.0. The molecular weight excluding hydrogens is 1420 g/mol. The summed E-state index contributed by atoms with van der Waals surface area (Å²) in [5.74, 6) is 2.82. The number of carbonyl (C=O) groups is 6. The van der Waals surface area contributed by atoms with Crippen LogP contribution in [0.1, 0.15) is 246 Å². The first-order valence-electron chi connectivity index (χ1n) is 39.1. The second-order valence-electron chi connectivity index (χ2n) is 34.9. The number of fused-ring (bicyclic) bond motifs is 10. The van der Waals surface area contributed by atoms with Crippen molar-refractivity contribution in [3.63, 3.8) is 0 Å². The summed E-state index contributed by atoms with van der Waals surface area (Å²) in [4.78, 5) is 77.1. The van der Waals surface area contributed by atoms with Crippen LogP contribution in [0.5, 0.6) is 0 Å². The third-order valence-corrected chi connectivity index (χ3v) is 28.3. The highest BCUT2D eigenvalue weighted by atomic mass is 32.2. The Balaban J connectivity index is 0.000000170. The number of ether oxygens (including phenoxy) is 7. The lowest BCUT2D eigenvalue weighted by atomic mass is 9.63. The number of rotatable bonds is 20. The molecule has 0 spiro atoms. The lowest BCUT2D eigenvalue weighted by Gasteiger charge is -2.47. The fourth-order valence-corrected chi connectivity index (χ4v) is 19.4. The minimum Gasteiger partial charge on any atom is -0.743 e. The van der Waals surface area contributed by atoms with Crippen LogP contribution in [0.15, 0.2) is 106 Å². The number of carbonyl (C=O) groups excluding carboxylic acids is 6. The molecule has 12 rings (SSSR count). The third kappa shape index (κ3) is 19.8. The van der Waals surface area contributed by atoms with Crippen molar-refractivity contribution in [3.05, 3.63) is 91.0 Å². The van der Waals surface area contributed by atoms with E-state index in [9.17, 15) is 63.7 Å². The Bertz CT molecular complexity index is 3520. The molecule has 0 radical (unpaired) electrons. The summed E-state index contributed by atoms with van der Waals surface area (Å²) in [5, 5.41) is -5.81. The molecule has 23 heteroatoms. The van der Waals surface area contributed by atoms with Crippen molar-refractivity contribution in [2.75, 3.05) is 0 Å². The molecule has 107 heavy (non-hydrogen) atoms. The van der Waals surface area contributed by atoms with Crippen LogP contribution >= 0.6 is 0 Å². The monoisotopic (exact) mass is 1540 g/mol. The van der Waals surface area contributed by atoms with Gasteiger partial charge in [-0.3, -0.25) is 28.8 Å². The minimum absolute atomic E-state index is 0.0146. The van der Waals surface area contributed by atoms with E-state index >= 15 is 0 Å². The largest absolute Gasteiger partial charge is 0.743 e. The summed E-state index contributed by atoms with van der Waals surface area (Å²) in [5.41, 5.74) is -3.96. The minimum atomic E-state index is -6.66. The summed E-state index contributed by atoms with van der Waals surface area (Å²) < 4.78 is 133. The Morgan fingerprint density at radius 2 is 1.06 bits per heavy atom. The Morgan fingerprint density at radius 3 is 1.54 bits per heavy atom. The summed E-state index contributed by atoms with van der Waals surface area (Å²) in [7, 11) is -6.68. The third-order valence-electron chi connectivity index (χ3n) is 25.2. The molecule has 3 heterocycles. The van der Waals surface area contributed by atoms with Gasteiger partial charge in [0, 0.05) is 11.8 Å². The van der Waals surface area contributed by atoms with Gasteiger partial charge in [0.25, 0.3) is 6.10 Å². The molecule has 15 unspecified atom stereocenters. The van der Waals surface area contributed by atoms with Gasteiger partial charge < -0.3 is 37.7 Å². The number of benzene rings is 3. The van der Waals surface area contributed by atoms with Crippen molar-refractivity contribution in [2.45, 2.75) is 320 Å². The molecule has 3 saturated heterocycles. The Hall–Kier alpha value is -5.65. The van der Waals surface area contributed by atoms with Crippen molar-refractivity contribution in [1.29, 1.82) is 0 Å². The number of hydrogen-bond acceptors (Lipinski definition) is 16. The summed E-state index contributed by atoms with van der Waals surface area (Å²) in [6.45, 7) is 29.3. The molecule has 15 atom stereocenters. The molecule has 0 aromatic heterocycles. The van der Waals surface area contributed by atoms with Gasteiger partial charge in [-0.15, -0.1) is 0 Å². The highest BCUT2D eigenvalue weighted by Gasteiger charge is 2.67. The summed E-state index contributed by atoms with van der Waals surface area (Å²) >= 11 is 0. The van der Waals surface area contributed by atoms with E-state index in [1.54, 1.807) is 0 Å². The molecule has 3 aliphatic heterocycles. The van der Waals surface area contributed by atoms with E-state index in [0.29, 0.717) is 18.8 Å². The molecule has 6 bridgehead atoms. The van der Waals surface area contributed by atoms with E-state index < -0.39 is 73.1 Å². The van der Waals surface area contributed by atoms with E-state index in [0.717, 1.165) is 114 Å². The lowest BCUT2D eigenvalue weighted by Crippen LogP contribution is -2.53. The van der Waals surface area contributed by atoms with Gasteiger partial charge in [-0.1, -0.05) is 115 Å². The fourth-order valence-electron chi connectivity index (χ4n) is 16.9. The van der Waals surface area contributed by atoms with Gasteiger partial charge in [-0.05, 0) is 251 Å². The predicted octanol–water partition coefficient (Wildman–Crippen LogP) is 18.9. The average Bonchev–Trinajstić information content (AvgIpc) is 1.57. The molecule has 3 aromatic rings. The van der Waals surface area contributed by atoms with Gasteiger partial charge >= 0.3 is 47.2 Å². The van der Waals surface area contributed by atoms with Crippen LogP contribution in [-0.2, 0) is 82.9 Å². The molecule has 6 aliphatic carbocycles. The number of esters is 6. The lowest BCUT2D eigenvalue weighted by molar-refractivity contribution is -0.262. The summed E-state index contributed by atoms with van der Waals surface area (Å²) in [6, 6.07) is 32.2. The molecule has 16 nitrogen and oxygen atoms in total. The van der Waals surface area contributed by atoms with Crippen LogP contribution in [0.3, 0.4) is 0 Å². The fraction of sp³-hybridized carbons (Fsp3) is 0.714. The first-order chi connectivity index (χ1) is 49.9. The Labute approximate surface area is 635 Å². The highest BCUT2D eigenvalue weighted by molar-refractivity contribution is 7.97. The van der Waals surface area contributed by atoms with Gasteiger partial charge in [0.05, 0.1) is 50.0 Å². The molecule has 6 saturated carbocycles. The van der Waals surface area contributed by atoms with Gasteiger partial charge in [0.2, 0.25) is 0 Å². The van der Waals surface area contributed by atoms with Crippen LogP contribution < -0.4 is 0 Å². The van der Waals surface area contributed by atoms with E-state index in [4.69, 9.17) is 28.4 Å². The van der Waals surface area contributed by atoms with Gasteiger partial charge in [-0.25, -0.2) is 8.42 Å². The van der Waals surface area contributed by atoms with Crippen LogP contribution in [0.4, 0.5) is 22.0 Å². The number of alkyl halides is 5. The number of hydrogen-bond donors (Lipinski definition) is 0. The average molecular weight is 1540 g/mol. The van der Waals surface area contributed by atoms with Crippen LogP contribution in [0, 0.1) is 74.4 Å². The van der Waals surface area contributed by atoms with Crippen molar-refractivity contribution < 1.29 is 96.8 Å². The van der Waals surface area contributed by atoms with Crippen molar-refractivity contribution >= 4 is 56.8 Å². The second-order valence-corrected chi connectivity index (χ2v) is 38.4. The molecule has 9 aliphatic rings. The van der Waals surface area contributed by atoms with Gasteiger partial charge in [-0.2, -0.15) is 22.0 Å². The van der Waals surface area contributed by atoms with Crippen LogP contribution in [0.2, 0.25) is 0 Å². The molecule has 598 valence electrons. The molecular formula is C84H119F5O16S2. The smallest absolute Gasteiger partial charge is 0.432 e. The maximum absolute atomic E-state index is 13.0. The predicted molar refractivity (Wildman–Crippen MR) is 396 cm³/mol. The molecule has 0 N–H and O–H groups in total.